The van der Waals surface area contributed by atoms with Gasteiger partial charge in [0.1, 0.15) is 17.5 Å². The van der Waals surface area contributed by atoms with Gasteiger partial charge in [0.2, 0.25) is 0 Å². The van der Waals surface area contributed by atoms with Crippen molar-refractivity contribution in [3.05, 3.63) is 98.7 Å². The van der Waals surface area contributed by atoms with Crippen molar-refractivity contribution < 1.29 is 13.6 Å². The summed E-state index contributed by atoms with van der Waals surface area (Å²) in [5, 5.41) is 0. The number of aromatic amines is 1. The number of amides is 1. The predicted molar refractivity (Wildman–Crippen MR) is 98.9 cm³/mol. The summed E-state index contributed by atoms with van der Waals surface area (Å²) in [6, 6.07) is 11.9. The number of rotatable bonds is 3. The number of hydrogen-bond donors (Lipinski definition) is 1. The molecule has 2 heterocycles. The summed E-state index contributed by atoms with van der Waals surface area (Å²) >= 11 is 0. The molecule has 28 heavy (non-hydrogen) atoms. The van der Waals surface area contributed by atoms with Crippen molar-refractivity contribution >= 4 is 5.91 Å². The van der Waals surface area contributed by atoms with Crippen LogP contribution in [-0.4, -0.2) is 27.3 Å². The highest BCUT2D eigenvalue weighted by molar-refractivity contribution is 5.94. The maximum atomic E-state index is 13.9. The first-order valence-electron chi connectivity index (χ1n) is 8.90. The van der Waals surface area contributed by atoms with E-state index >= 15 is 0 Å². The summed E-state index contributed by atoms with van der Waals surface area (Å²) < 4.78 is 27.3. The number of fused-ring (bicyclic) bond motifs is 1. The lowest BCUT2D eigenvalue weighted by Crippen LogP contribution is -2.40. The van der Waals surface area contributed by atoms with E-state index < -0.39 is 11.7 Å². The molecule has 1 aromatic heterocycles. The Bertz CT molecular complexity index is 1110. The van der Waals surface area contributed by atoms with Crippen molar-refractivity contribution in [2.45, 2.75) is 19.4 Å². The Morgan fingerprint density at radius 2 is 1.96 bits per heavy atom. The number of H-pyrrole nitrogens is 1. The lowest BCUT2D eigenvalue weighted by atomic mass is 10.0. The van der Waals surface area contributed by atoms with Crippen molar-refractivity contribution in [2.24, 2.45) is 0 Å². The quantitative estimate of drug-likeness (QED) is 0.759. The topological polar surface area (TPSA) is 66.1 Å². The minimum atomic E-state index is -0.587. The van der Waals surface area contributed by atoms with Crippen LogP contribution in [0.2, 0.25) is 0 Å². The van der Waals surface area contributed by atoms with E-state index in [2.05, 4.69) is 9.97 Å². The van der Waals surface area contributed by atoms with Crippen molar-refractivity contribution in [1.82, 2.24) is 14.9 Å². The van der Waals surface area contributed by atoms with E-state index in [4.69, 9.17) is 0 Å². The van der Waals surface area contributed by atoms with Crippen LogP contribution in [0.25, 0.3) is 0 Å². The Morgan fingerprint density at radius 1 is 1.14 bits per heavy atom. The first kappa shape index (κ1) is 18.0. The molecule has 0 saturated heterocycles. The molecule has 5 nitrogen and oxygen atoms in total. The zero-order valence-electron chi connectivity index (χ0n) is 14.9. The Kier molecular flexibility index (Phi) is 4.73. The average molecular weight is 381 g/mol. The third-order valence-corrected chi connectivity index (χ3v) is 4.77. The van der Waals surface area contributed by atoms with E-state index in [0.717, 1.165) is 0 Å². The second kappa shape index (κ2) is 7.34. The van der Waals surface area contributed by atoms with Crippen molar-refractivity contribution in [3.63, 3.8) is 0 Å². The van der Waals surface area contributed by atoms with Gasteiger partial charge < -0.3 is 9.88 Å². The second-order valence-electron chi connectivity index (χ2n) is 6.70. The van der Waals surface area contributed by atoms with Crippen LogP contribution in [0, 0.1) is 11.6 Å². The highest BCUT2D eigenvalue weighted by Gasteiger charge is 2.26. The van der Waals surface area contributed by atoms with Gasteiger partial charge in [0.15, 0.2) is 0 Å². The molecular weight excluding hydrogens is 364 g/mol. The molecule has 1 aliphatic heterocycles. The van der Waals surface area contributed by atoms with Crippen LogP contribution in [0.5, 0.6) is 0 Å². The van der Waals surface area contributed by atoms with Crippen LogP contribution in [0.1, 0.15) is 33.0 Å². The lowest BCUT2D eigenvalue weighted by molar-refractivity contribution is 0.0727. The Balaban J connectivity index is 1.57. The summed E-state index contributed by atoms with van der Waals surface area (Å²) in [7, 11) is 0. The van der Waals surface area contributed by atoms with E-state index in [9.17, 15) is 18.4 Å². The molecule has 3 aromatic rings. The molecule has 142 valence electrons. The number of carbonyl (C=O) groups is 1. The van der Waals surface area contributed by atoms with Crippen LogP contribution < -0.4 is 5.56 Å². The number of benzene rings is 2. The summed E-state index contributed by atoms with van der Waals surface area (Å²) in [4.78, 5) is 33.8. The fourth-order valence-electron chi connectivity index (χ4n) is 3.38. The number of carbonyl (C=O) groups excluding carboxylic acids is 1. The third kappa shape index (κ3) is 3.55. The summed E-state index contributed by atoms with van der Waals surface area (Å²) in [6.45, 7) is 0.418. The zero-order valence-corrected chi connectivity index (χ0v) is 14.9. The van der Waals surface area contributed by atoms with Crippen molar-refractivity contribution in [1.29, 1.82) is 0 Å². The second-order valence-corrected chi connectivity index (χ2v) is 6.70. The SMILES string of the molecule is O=C(c1ccccc1F)N1CCc2nc(Cc3cccc(F)c3)[nH]c(=O)c2C1. The van der Waals surface area contributed by atoms with Crippen LogP contribution in [0.15, 0.2) is 53.3 Å². The van der Waals surface area contributed by atoms with Crippen LogP contribution >= 0.6 is 0 Å². The van der Waals surface area contributed by atoms with Gasteiger partial charge in [-0.1, -0.05) is 24.3 Å². The highest BCUT2D eigenvalue weighted by atomic mass is 19.1. The standard InChI is InChI=1S/C21H17F2N3O2/c22-14-5-3-4-13(10-14)11-19-24-18-8-9-26(12-16(18)20(27)25-19)21(28)15-6-1-2-7-17(15)23/h1-7,10H,8-9,11-12H2,(H,24,25,27). The maximum Gasteiger partial charge on any atom is 0.257 e. The summed E-state index contributed by atoms with van der Waals surface area (Å²) in [6.07, 6.45) is 0.702. The molecule has 0 spiro atoms. The van der Waals surface area contributed by atoms with E-state index in [0.29, 0.717) is 42.0 Å². The number of aromatic nitrogens is 2. The van der Waals surface area contributed by atoms with E-state index in [1.54, 1.807) is 18.2 Å². The molecule has 0 saturated carbocycles. The van der Waals surface area contributed by atoms with Gasteiger partial charge in [0, 0.05) is 19.4 Å². The van der Waals surface area contributed by atoms with Gasteiger partial charge in [-0.05, 0) is 29.8 Å². The van der Waals surface area contributed by atoms with Gasteiger partial charge in [0.25, 0.3) is 11.5 Å². The molecule has 0 unspecified atom stereocenters. The largest absolute Gasteiger partial charge is 0.334 e. The van der Waals surface area contributed by atoms with Crippen molar-refractivity contribution in [3.8, 4) is 0 Å². The molecule has 4 rings (SSSR count). The maximum absolute atomic E-state index is 13.9. The molecule has 1 amide bonds. The molecule has 0 atom stereocenters. The summed E-state index contributed by atoms with van der Waals surface area (Å²) in [5.41, 5.74) is 1.38. The number of nitrogens with zero attached hydrogens (tertiary/aromatic N) is 2. The van der Waals surface area contributed by atoms with Gasteiger partial charge in [-0.2, -0.15) is 0 Å². The first-order chi connectivity index (χ1) is 13.5. The Hall–Kier alpha value is -3.35. The van der Waals surface area contributed by atoms with Crippen LogP contribution in [-0.2, 0) is 19.4 Å². The van der Waals surface area contributed by atoms with Gasteiger partial charge >= 0.3 is 0 Å². The van der Waals surface area contributed by atoms with Gasteiger partial charge in [-0.25, -0.2) is 13.8 Å². The smallest absolute Gasteiger partial charge is 0.257 e. The highest BCUT2D eigenvalue weighted by Crippen LogP contribution is 2.18. The fourth-order valence-corrected chi connectivity index (χ4v) is 3.38. The summed E-state index contributed by atoms with van der Waals surface area (Å²) in [5.74, 6) is -0.939. The predicted octanol–water partition coefficient (Wildman–Crippen LogP) is 2.84. The normalized spacial score (nSPS) is 13.3. The number of nitrogens with one attached hydrogen (secondary N) is 1. The molecule has 0 bridgehead atoms. The minimum Gasteiger partial charge on any atom is -0.334 e. The van der Waals surface area contributed by atoms with Crippen LogP contribution in [0.4, 0.5) is 8.78 Å². The van der Waals surface area contributed by atoms with E-state index in [1.165, 1.54) is 35.2 Å². The minimum absolute atomic E-state index is 0.0157. The average Bonchev–Trinajstić information content (AvgIpc) is 2.68. The third-order valence-electron chi connectivity index (χ3n) is 4.77. The lowest BCUT2D eigenvalue weighted by Gasteiger charge is -2.28. The first-order valence-corrected chi connectivity index (χ1v) is 8.90. The number of hydrogen-bond acceptors (Lipinski definition) is 3. The van der Waals surface area contributed by atoms with Crippen LogP contribution in [0.3, 0.4) is 0 Å². The van der Waals surface area contributed by atoms with Gasteiger partial charge in [-0.15, -0.1) is 0 Å². The molecule has 0 radical (unpaired) electrons. The van der Waals surface area contributed by atoms with Gasteiger partial charge in [-0.3, -0.25) is 9.59 Å². The Morgan fingerprint density at radius 3 is 2.75 bits per heavy atom. The van der Waals surface area contributed by atoms with E-state index in [1.807, 2.05) is 0 Å². The Labute approximate surface area is 159 Å². The monoisotopic (exact) mass is 381 g/mol. The number of halogens is 2. The van der Waals surface area contributed by atoms with Crippen molar-refractivity contribution in [2.75, 3.05) is 6.54 Å². The molecular formula is C21H17F2N3O2. The molecule has 1 N–H and O–H groups in total. The molecule has 7 heteroatoms. The fraction of sp³-hybridized carbons (Fsp3) is 0.190. The zero-order chi connectivity index (χ0) is 19.7. The molecule has 2 aromatic carbocycles. The molecule has 1 aliphatic rings. The van der Waals surface area contributed by atoms with E-state index in [-0.39, 0.29) is 23.5 Å². The molecule has 0 fully saturated rings. The van der Waals surface area contributed by atoms with Gasteiger partial charge in [0.05, 0.1) is 23.4 Å². The molecule has 0 aliphatic carbocycles.